The van der Waals surface area contributed by atoms with Crippen molar-refractivity contribution in [2.45, 2.75) is 40.2 Å². The van der Waals surface area contributed by atoms with E-state index < -0.39 is 0 Å². The van der Waals surface area contributed by atoms with Gasteiger partial charge in [0.15, 0.2) is 0 Å². The lowest BCUT2D eigenvalue weighted by atomic mass is 10.2. The summed E-state index contributed by atoms with van der Waals surface area (Å²) in [6.07, 6.45) is 5.69. The van der Waals surface area contributed by atoms with E-state index in [4.69, 9.17) is 0 Å². The first-order valence-corrected chi connectivity index (χ1v) is 7.57. The molecule has 2 rings (SSSR count). The third-order valence-electron chi connectivity index (χ3n) is 3.20. The quantitative estimate of drug-likeness (QED) is 0.781. The van der Waals surface area contributed by atoms with E-state index in [-0.39, 0.29) is 0 Å². The third-order valence-corrected chi connectivity index (χ3v) is 3.20. The van der Waals surface area contributed by atoms with E-state index in [0.29, 0.717) is 0 Å². The van der Waals surface area contributed by atoms with Gasteiger partial charge in [0.05, 0.1) is 6.54 Å². The van der Waals surface area contributed by atoms with E-state index in [1.807, 2.05) is 23.9 Å². The molecule has 0 fully saturated rings. The summed E-state index contributed by atoms with van der Waals surface area (Å²) >= 11 is 0. The van der Waals surface area contributed by atoms with Crippen LogP contribution in [-0.4, -0.2) is 32.8 Å². The summed E-state index contributed by atoms with van der Waals surface area (Å²) in [6.45, 7) is 8.72. The van der Waals surface area contributed by atoms with Gasteiger partial charge in [-0.2, -0.15) is 5.10 Å². The van der Waals surface area contributed by atoms with Crippen molar-refractivity contribution in [1.82, 2.24) is 19.7 Å². The number of nitrogens with zero attached hydrogens (tertiary/aromatic N) is 4. The molecule has 6 nitrogen and oxygen atoms in total. The predicted molar refractivity (Wildman–Crippen MR) is 85.6 cm³/mol. The molecule has 2 aromatic heterocycles. The van der Waals surface area contributed by atoms with Crippen molar-refractivity contribution in [1.29, 1.82) is 0 Å². The number of anilines is 2. The van der Waals surface area contributed by atoms with Gasteiger partial charge >= 0.3 is 0 Å². The zero-order valence-corrected chi connectivity index (χ0v) is 13.1. The van der Waals surface area contributed by atoms with E-state index in [9.17, 15) is 0 Å². The average molecular weight is 288 g/mol. The Hall–Kier alpha value is -2.11. The Kier molecular flexibility index (Phi) is 5.54. The van der Waals surface area contributed by atoms with Gasteiger partial charge in [0.1, 0.15) is 17.5 Å². The summed E-state index contributed by atoms with van der Waals surface area (Å²) in [5, 5.41) is 10.9. The van der Waals surface area contributed by atoms with Crippen molar-refractivity contribution in [2.24, 2.45) is 0 Å². The Morgan fingerprint density at radius 1 is 1.14 bits per heavy atom. The minimum atomic E-state index is 0.788. The first-order chi connectivity index (χ1) is 10.2. The molecule has 0 aliphatic carbocycles. The van der Waals surface area contributed by atoms with Crippen LogP contribution in [0, 0.1) is 6.92 Å². The zero-order chi connectivity index (χ0) is 15.1. The number of hydrogen-bond donors (Lipinski definition) is 2. The van der Waals surface area contributed by atoms with E-state index in [1.54, 1.807) is 6.20 Å². The molecule has 21 heavy (non-hydrogen) atoms. The van der Waals surface area contributed by atoms with Gasteiger partial charge in [0.25, 0.3) is 0 Å². The molecule has 0 aliphatic heterocycles. The Labute approximate surface area is 126 Å². The molecule has 114 valence electrons. The number of aryl methyl sites for hydroxylation is 1. The van der Waals surface area contributed by atoms with Crippen molar-refractivity contribution in [2.75, 3.05) is 23.7 Å². The molecular weight excluding hydrogens is 264 g/mol. The van der Waals surface area contributed by atoms with Crippen molar-refractivity contribution >= 4 is 11.6 Å². The third kappa shape index (κ3) is 4.18. The van der Waals surface area contributed by atoms with Crippen molar-refractivity contribution in [3.05, 3.63) is 29.8 Å². The maximum Gasteiger partial charge on any atom is 0.134 e. The van der Waals surface area contributed by atoms with E-state index >= 15 is 0 Å². The van der Waals surface area contributed by atoms with E-state index in [2.05, 4.69) is 39.5 Å². The Bertz CT molecular complexity index is 550. The van der Waals surface area contributed by atoms with Crippen molar-refractivity contribution in [3.8, 4) is 0 Å². The van der Waals surface area contributed by atoms with Gasteiger partial charge in [-0.15, -0.1) is 0 Å². The van der Waals surface area contributed by atoms with Gasteiger partial charge in [-0.3, -0.25) is 4.68 Å². The molecular formula is C15H24N6. The van der Waals surface area contributed by atoms with Gasteiger partial charge in [-0.25, -0.2) is 9.97 Å². The molecule has 0 radical (unpaired) electrons. The minimum Gasteiger partial charge on any atom is -0.370 e. The van der Waals surface area contributed by atoms with Crippen molar-refractivity contribution < 1.29 is 0 Å². The van der Waals surface area contributed by atoms with E-state index in [0.717, 1.165) is 55.5 Å². The van der Waals surface area contributed by atoms with Gasteiger partial charge in [0.2, 0.25) is 0 Å². The summed E-state index contributed by atoms with van der Waals surface area (Å²) in [5.41, 5.74) is 1.07. The van der Waals surface area contributed by atoms with Crippen LogP contribution >= 0.6 is 0 Å². The summed E-state index contributed by atoms with van der Waals surface area (Å²) in [7, 11) is 0. The molecule has 0 saturated heterocycles. The Morgan fingerprint density at radius 2 is 1.90 bits per heavy atom. The first-order valence-electron chi connectivity index (χ1n) is 7.57. The standard InChI is InChI=1S/C15H24N6/c1-4-7-13-19-14(16-5-2)12(3)15(20-13)17-9-11-21-10-6-8-18-21/h6,8,10H,4-5,7,9,11H2,1-3H3,(H2,16,17,19,20). The molecule has 0 aromatic carbocycles. The number of aromatic nitrogens is 4. The summed E-state index contributed by atoms with van der Waals surface area (Å²) in [4.78, 5) is 9.22. The summed E-state index contributed by atoms with van der Waals surface area (Å²) in [5.74, 6) is 2.73. The van der Waals surface area contributed by atoms with Crippen LogP contribution in [0.5, 0.6) is 0 Å². The minimum absolute atomic E-state index is 0.788. The molecule has 0 aliphatic rings. The monoisotopic (exact) mass is 288 g/mol. The van der Waals surface area contributed by atoms with Crippen LogP contribution in [-0.2, 0) is 13.0 Å². The molecule has 6 heteroatoms. The van der Waals surface area contributed by atoms with Crippen LogP contribution in [0.2, 0.25) is 0 Å². The highest BCUT2D eigenvalue weighted by Crippen LogP contribution is 2.20. The fourth-order valence-electron chi connectivity index (χ4n) is 2.13. The van der Waals surface area contributed by atoms with Crippen LogP contribution in [0.3, 0.4) is 0 Å². The molecule has 2 heterocycles. The second-order valence-corrected chi connectivity index (χ2v) is 4.94. The van der Waals surface area contributed by atoms with Crippen LogP contribution in [0.15, 0.2) is 18.5 Å². The van der Waals surface area contributed by atoms with Gasteiger partial charge in [-0.1, -0.05) is 6.92 Å². The normalized spacial score (nSPS) is 10.6. The first kappa shape index (κ1) is 15.3. The van der Waals surface area contributed by atoms with Crippen LogP contribution in [0.1, 0.15) is 31.7 Å². The fourth-order valence-corrected chi connectivity index (χ4v) is 2.13. The van der Waals surface area contributed by atoms with Crippen LogP contribution in [0.25, 0.3) is 0 Å². The maximum atomic E-state index is 4.63. The molecule has 0 amide bonds. The highest BCUT2D eigenvalue weighted by molar-refractivity contribution is 5.57. The predicted octanol–water partition coefficient (Wildman–Crippen LogP) is 2.48. The molecule has 2 N–H and O–H groups in total. The van der Waals surface area contributed by atoms with Crippen LogP contribution < -0.4 is 10.6 Å². The number of rotatable bonds is 8. The Balaban J connectivity index is 2.08. The summed E-state index contributed by atoms with van der Waals surface area (Å²) in [6, 6.07) is 1.93. The van der Waals surface area contributed by atoms with Crippen molar-refractivity contribution in [3.63, 3.8) is 0 Å². The topological polar surface area (TPSA) is 67.7 Å². The Morgan fingerprint density at radius 3 is 2.52 bits per heavy atom. The second-order valence-electron chi connectivity index (χ2n) is 4.94. The molecule has 2 aromatic rings. The highest BCUT2D eigenvalue weighted by Gasteiger charge is 2.09. The zero-order valence-electron chi connectivity index (χ0n) is 13.1. The largest absolute Gasteiger partial charge is 0.370 e. The van der Waals surface area contributed by atoms with Gasteiger partial charge in [-0.05, 0) is 26.3 Å². The lowest BCUT2D eigenvalue weighted by Crippen LogP contribution is -2.15. The number of nitrogens with one attached hydrogen (secondary N) is 2. The second kappa shape index (κ2) is 7.61. The lowest BCUT2D eigenvalue weighted by Gasteiger charge is -2.14. The summed E-state index contributed by atoms with van der Waals surface area (Å²) < 4.78 is 1.90. The fraction of sp³-hybridized carbons (Fsp3) is 0.533. The van der Waals surface area contributed by atoms with Gasteiger partial charge < -0.3 is 10.6 Å². The average Bonchev–Trinajstić information content (AvgIpc) is 2.97. The molecule has 0 unspecified atom stereocenters. The highest BCUT2D eigenvalue weighted by atomic mass is 15.3. The molecule has 0 bridgehead atoms. The smallest absolute Gasteiger partial charge is 0.134 e. The molecule has 0 spiro atoms. The lowest BCUT2D eigenvalue weighted by molar-refractivity contribution is 0.636. The van der Waals surface area contributed by atoms with Gasteiger partial charge in [0, 0.05) is 37.5 Å². The SMILES string of the molecule is CCCc1nc(NCC)c(C)c(NCCn2cccn2)n1. The molecule has 0 saturated carbocycles. The molecule has 0 atom stereocenters. The number of hydrogen-bond acceptors (Lipinski definition) is 5. The van der Waals surface area contributed by atoms with E-state index in [1.165, 1.54) is 0 Å². The van der Waals surface area contributed by atoms with Crippen LogP contribution in [0.4, 0.5) is 11.6 Å². The maximum absolute atomic E-state index is 4.63.